The number of nitrogens with zero attached hydrogens (tertiary/aromatic N) is 4. The van der Waals surface area contributed by atoms with E-state index in [0.717, 1.165) is 12.8 Å². The van der Waals surface area contributed by atoms with E-state index in [2.05, 4.69) is 20.7 Å². The highest BCUT2D eigenvalue weighted by Gasteiger charge is 2.46. The zero-order valence-electron chi connectivity index (χ0n) is 13.7. The topological polar surface area (TPSA) is 102 Å². The molecule has 22 heavy (non-hydrogen) atoms. The number of nitrogens with one attached hydrogen (secondary N) is 1. The molecule has 8 heteroatoms. The van der Waals surface area contributed by atoms with Crippen LogP contribution in [-0.4, -0.2) is 50.2 Å². The van der Waals surface area contributed by atoms with E-state index in [-0.39, 0.29) is 6.61 Å². The molecule has 1 heterocycles. The maximum Gasteiger partial charge on any atom is 0.407 e. The molecule has 1 aliphatic rings. The fourth-order valence-corrected chi connectivity index (χ4v) is 2.56. The SMILES string of the molecule is Cn1nnc(CC(CO)(CNC(=O)OC(C)(C)C)C2CC2)n1. The molecule has 1 unspecified atom stereocenters. The standard InChI is InChI=1S/C14H25N5O3/c1-13(2,3)22-12(21)15-8-14(9-20,10-5-6-10)7-11-16-18-19(4)17-11/h10,20H,5-9H2,1-4H3,(H,15,21). The van der Waals surface area contributed by atoms with Gasteiger partial charge in [-0.25, -0.2) is 4.79 Å². The molecule has 1 amide bonds. The molecule has 0 bridgehead atoms. The Morgan fingerprint density at radius 1 is 1.45 bits per heavy atom. The van der Waals surface area contributed by atoms with E-state index in [9.17, 15) is 9.90 Å². The Labute approximate surface area is 130 Å². The maximum atomic E-state index is 11.9. The van der Waals surface area contributed by atoms with Crippen molar-refractivity contribution in [2.45, 2.75) is 45.6 Å². The highest BCUT2D eigenvalue weighted by atomic mass is 16.6. The molecule has 0 spiro atoms. The van der Waals surface area contributed by atoms with Crippen molar-refractivity contribution in [1.29, 1.82) is 0 Å². The normalized spacial score (nSPS) is 17.9. The molecule has 2 N–H and O–H groups in total. The molecule has 1 aromatic rings. The predicted octanol–water partition coefficient (Wildman–Crippen LogP) is 0.666. The zero-order chi connectivity index (χ0) is 16.4. The Morgan fingerprint density at radius 2 is 2.14 bits per heavy atom. The van der Waals surface area contributed by atoms with Gasteiger partial charge in [-0.15, -0.1) is 10.2 Å². The average Bonchev–Trinajstić information content (AvgIpc) is 3.17. The monoisotopic (exact) mass is 311 g/mol. The largest absolute Gasteiger partial charge is 0.444 e. The van der Waals surface area contributed by atoms with Gasteiger partial charge in [-0.05, 0) is 44.7 Å². The Morgan fingerprint density at radius 3 is 2.59 bits per heavy atom. The quantitative estimate of drug-likeness (QED) is 0.800. The van der Waals surface area contributed by atoms with Crippen molar-refractivity contribution in [3.8, 4) is 0 Å². The Balaban J connectivity index is 2.01. The predicted molar refractivity (Wildman–Crippen MR) is 79.0 cm³/mol. The summed E-state index contributed by atoms with van der Waals surface area (Å²) in [5, 5.41) is 24.7. The Kier molecular flexibility index (Phi) is 4.69. The van der Waals surface area contributed by atoms with Crippen LogP contribution in [0.25, 0.3) is 0 Å². The number of carbonyl (C=O) groups excluding carboxylic acids is 1. The number of aromatic nitrogens is 4. The smallest absolute Gasteiger partial charge is 0.407 e. The molecule has 124 valence electrons. The van der Waals surface area contributed by atoms with Gasteiger partial charge < -0.3 is 15.2 Å². The zero-order valence-corrected chi connectivity index (χ0v) is 13.7. The molecule has 1 fully saturated rings. The number of aliphatic hydroxyl groups excluding tert-OH is 1. The molecule has 0 aliphatic heterocycles. The van der Waals surface area contributed by atoms with Gasteiger partial charge in [0.1, 0.15) is 5.60 Å². The van der Waals surface area contributed by atoms with Crippen molar-refractivity contribution < 1.29 is 14.6 Å². The number of aryl methyl sites for hydroxylation is 1. The first-order chi connectivity index (χ1) is 10.2. The van der Waals surface area contributed by atoms with E-state index in [1.807, 2.05) is 20.8 Å². The molecule has 1 aliphatic carbocycles. The number of rotatable bonds is 6. The van der Waals surface area contributed by atoms with Crippen molar-refractivity contribution in [2.75, 3.05) is 13.2 Å². The van der Waals surface area contributed by atoms with Crippen molar-refractivity contribution in [3.63, 3.8) is 0 Å². The lowest BCUT2D eigenvalue weighted by atomic mass is 9.79. The lowest BCUT2D eigenvalue weighted by molar-refractivity contribution is 0.0436. The first-order valence-electron chi connectivity index (χ1n) is 7.55. The summed E-state index contributed by atoms with van der Waals surface area (Å²) >= 11 is 0. The number of ether oxygens (including phenoxy) is 1. The van der Waals surface area contributed by atoms with Gasteiger partial charge in [-0.2, -0.15) is 4.80 Å². The number of hydrogen-bond donors (Lipinski definition) is 2. The van der Waals surface area contributed by atoms with Gasteiger partial charge in [0.05, 0.1) is 13.7 Å². The van der Waals surface area contributed by atoms with Crippen LogP contribution in [0.1, 0.15) is 39.4 Å². The van der Waals surface area contributed by atoms with Crippen LogP contribution >= 0.6 is 0 Å². The van der Waals surface area contributed by atoms with Crippen LogP contribution in [0.15, 0.2) is 0 Å². The summed E-state index contributed by atoms with van der Waals surface area (Å²) in [6.07, 6.45) is 2.09. The van der Waals surface area contributed by atoms with Crippen LogP contribution in [0.2, 0.25) is 0 Å². The summed E-state index contributed by atoms with van der Waals surface area (Å²) in [4.78, 5) is 13.3. The van der Waals surface area contributed by atoms with E-state index in [1.54, 1.807) is 7.05 Å². The number of carbonyl (C=O) groups is 1. The van der Waals surface area contributed by atoms with Crippen LogP contribution in [0.5, 0.6) is 0 Å². The summed E-state index contributed by atoms with van der Waals surface area (Å²) < 4.78 is 5.25. The number of amides is 1. The fourth-order valence-electron chi connectivity index (χ4n) is 2.56. The summed E-state index contributed by atoms with van der Waals surface area (Å²) in [5.41, 5.74) is -1.00. The number of tetrazole rings is 1. The Bertz CT molecular complexity index is 521. The molecule has 1 atom stereocenters. The van der Waals surface area contributed by atoms with E-state index in [4.69, 9.17) is 4.74 Å². The van der Waals surface area contributed by atoms with Crippen molar-refractivity contribution in [2.24, 2.45) is 18.4 Å². The summed E-state index contributed by atoms with van der Waals surface area (Å²) in [5.74, 6) is 0.936. The minimum absolute atomic E-state index is 0.0360. The number of hydrogen-bond acceptors (Lipinski definition) is 6. The van der Waals surface area contributed by atoms with Gasteiger partial charge in [-0.1, -0.05) is 0 Å². The van der Waals surface area contributed by atoms with Crippen LogP contribution in [0, 0.1) is 11.3 Å². The second-order valence-electron chi connectivity index (χ2n) is 7.02. The molecular weight excluding hydrogens is 286 g/mol. The first kappa shape index (κ1) is 16.7. The highest BCUT2D eigenvalue weighted by molar-refractivity contribution is 5.67. The highest BCUT2D eigenvalue weighted by Crippen LogP contribution is 2.46. The van der Waals surface area contributed by atoms with Crippen LogP contribution in [0.3, 0.4) is 0 Å². The van der Waals surface area contributed by atoms with Crippen molar-refractivity contribution >= 4 is 6.09 Å². The number of aliphatic hydroxyl groups is 1. The second kappa shape index (κ2) is 6.20. The molecular formula is C14H25N5O3. The third-order valence-corrected chi connectivity index (χ3v) is 3.80. The van der Waals surface area contributed by atoms with Crippen molar-refractivity contribution in [1.82, 2.24) is 25.5 Å². The van der Waals surface area contributed by atoms with Crippen LogP contribution < -0.4 is 5.32 Å². The number of alkyl carbamates (subject to hydrolysis) is 1. The summed E-state index contributed by atoms with van der Waals surface area (Å²) in [6, 6.07) is 0. The lowest BCUT2D eigenvalue weighted by Gasteiger charge is -2.31. The molecule has 8 nitrogen and oxygen atoms in total. The van der Waals surface area contributed by atoms with Gasteiger partial charge in [0.2, 0.25) is 0 Å². The minimum atomic E-state index is -0.544. The second-order valence-corrected chi connectivity index (χ2v) is 7.02. The minimum Gasteiger partial charge on any atom is -0.444 e. The molecule has 2 rings (SSSR count). The molecule has 0 radical (unpaired) electrons. The van der Waals surface area contributed by atoms with E-state index in [1.165, 1.54) is 4.80 Å². The van der Waals surface area contributed by atoms with E-state index in [0.29, 0.717) is 24.7 Å². The van der Waals surface area contributed by atoms with Crippen LogP contribution in [0.4, 0.5) is 4.79 Å². The van der Waals surface area contributed by atoms with Gasteiger partial charge in [-0.3, -0.25) is 0 Å². The fraction of sp³-hybridized carbons (Fsp3) is 0.857. The average molecular weight is 311 g/mol. The van der Waals surface area contributed by atoms with Crippen LogP contribution in [-0.2, 0) is 18.2 Å². The summed E-state index contributed by atoms with van der Waals surface area (Å²) in [6.45, 7) is 5.75. The molecule has 1 aromatic heterocycles. The van der Waals surface area contributed by atoms with Crippen molar-refractivity contribution in [3.05, 3.63) is 5.82 Å². The maximum absolute atomic E-state index is 11.9. The Hall–Kier alpha value is -1.70. The third kappa shape index (κ3) is 4.40. The van der Waals surface area contributed by atoms with Gasteiger partial charge in [0.25, 0.3) is 0 Å². The van der Waals surface area contributed by atoms with Gasteiger partial charge in [0.15, 0.2) is 5.82 Å². The lowest BCUT2D eigenvalue weighted by Crippen LogP contribution is -2.45. The molecule has 0 aromatic carbocycles. The molecule has 1 saturated carbocycles. The first-order valence-corrected chi connectivity index (χ1v) is 7.55. The van der Waals surface area contributed by atoms with E-state index < -0.39 is 17.1 Å². The van der Waals surface area contributed by atoms with E-state index >= 15 is 0 Å². The molecule has 0 saturated heterocycles. The van der Waals surface area contributed by atoms with Gasteiger partial charge >= 0.3 is 6.09 Å². The van der Waals surface area contributed by atoms with Gasteiger partial charge in [0, 0.05) is 18.4 Å². The third-order valence-electron chi connectivity index (χ3n) is 3.80. The summed E-state index contributed by atoms with van der Waals surface area (Å²) in [7, 11) is 1.70.